The van der Waals surface area contributed by atoms with Gasteiger partial charge in [-0.05, 0) is 18.0 Å². The van der Waals surface area contributed by atoms with E-state index in [4.69, 9.17) is 26.3 Å². The molecule has 0 saturated carbocycles. The van der Waals surface area contributed by atoms with Gasteiger partial charge in [0.1, 0.15) is 6.42 Å². The maximum Gasteiger partial charge on any atom is 0.321 e. The first kappa shape index (κ1) is 19.1. The molecule has 0 amide bonds. The van der Waals surface area contributed by atoms with Crippen molar-refractivity contribution < 1.29 is 14.3 Å². The van der Waals surface area contributed by atoms with Gasteiger partial charge in [-0.25, -0.2) is 0 Å². The largest absolute Gasteiger partial charge is 0.463 e. The molecule has 1 rings (SSSR count). The number of unbranched alkanes of at least 4 members (excludes halogenated alkanes) is 5. The van der Waals surface area contributed by atoms with Gasteiger partial charge in [-0.3, -0.25) is 4.79 Å². The zero-order chi connectivity index (χ0) is 16.9. The summed E-state index contributed by atoms with van der Waals surface area (Å²) in [7, 11) is 0. The van der Waals surface area contributed by atoms with Crippen LogP contribution in [0, 0.1) is 11.3 Å². The Morgan fingerprint density at radius 1 is 1.17 bits per heavy atom. The minimum Gasteiger partial charge on any atom is -0.463 e. The predicted octanol–water partition coefficient (Wildman–Crippen LogP) is 3.22. The fourth-order valence-corrected chi connectivity index (χ4v) is 1.98. The van der Waals surface area contributed by atoms with Gasteiger partial charge in [0.25, 0.3) is 0 Å². The number of halogens is 1. The molecule has 0 radical (unpaired) electrons. The van der Waals surface area contributed by atoms with Crippen molar-refractivity contribution in [3.05, 3.63) is 11.1 Å². The van der Waals surface area contributed by atoms with Crippen LogP contribution in [0.5, 0.6) is 6.01 Å². The molecule has 0 aliphatic rings. The van der Waals surface area contributed by atoms with Crippen LogP contribution in [0.3, 0.4) is 0 Å². The Labute approximate surface area is 141 Å². The van der Waals surface area contributed by atoms with Gasteiger partial charge in [0.2, 0.25) is 5.28 Å². The van der Waals surface area contributed by atoms with Crippen LogP contribution in [0.15, 0.2) is 0 Å². The summed E-state index contributed by atoms with van der Waals surface area (Å²) in [5, 5.41) is 8.35. The molecular formula is C15H21ClN4O3. The Bertz CT molecular complexity index is 534. The molecule has 8 heteroatoms. The van der Waals surface area contributed by atoms with Gasteiger partial charge in [-0.1, -0.05) is 39.0 Å². The van der Waals surface area contributed by atoms with E-state index in [-0.39, 0.29) is 30.1 Å². The van der Waals surface area contributed by atoms with Crippen molar-refractivity contribution in [1.29, 1.82) is 5.26 Å². The molecule has 0 N–H and O–H groups in total. The van der Waals surface area contributed by atoms with E-state index in [2.05, 4.69) is 21.9 Å². The third-order valence-electron chi connectivity index (χ3n) is 2.95. The lowest BCUT2D eigenvalue weighted by atomic mass is 10.1. The summed E-state index contributed by atoms with van der Waals surface area (Å²) in [5.74, 6) is -0.451. The van der Waals surface area contributed by atoms with Crippen LogP contribution in [0.4, 0.5) is 0 Å². The highest BCUT2D eigenvalue weighted by Crippen LogP contribution is 2.11. The number of hydrogen-bond acceptors (Lipinski definition) is 7. The van der Waals surface area contributed by atoms with Crippen LogP contribution >= 0.6 is 11.6 Å². The van der Waals surface area contributed by atoms with Gasteiger partial charge in [-0.2, -0.15) is 20.2 Å². The number of carbonyl (C=O) groups excluding carboxylic acids is 1. The van der Waals surface area contributed by atoms with Crippen LogP contribution < -0.4 is 4.74 Å². The molecule has 0 spiro atoms. The minimum atomic E-state index is -0.640. The molecule has 0 atom stereocenters. The number of ether oxygens (including phenoxy) is 2. The van der Waals surface area contributed by atoms with Crippen LogP contribution in [-0.2, 0) is 16.1 Å². The van der Waals surface area contributed by atoms with Crippen LogP contribution in [-0.4, -0.2) is 27.5 Å². The molecule has 7 nitrogen and oxygen atoms in total. The molecule has 0 saturated heterocycles. The molecule has 126 valence electrons. The molecule has 0 unspecified atom stereocenters. The monoisotopic (exact) mass is 340 g/mol. The number of nitriles is 1. The third-order valence-corrected chi connectivity index (χ3v) is 3.12. The zero-order valence-corrected chi connectivity index (χ0v) is 14.0. The van der Waals surface area contributed by atoms with E-state index < -0.39 is 5.97 Å². The Balaban J connectivity index is 2.35. The Morgan fingerprint density at radius 3 is 2.65 bits per heavy atom. The highest BCUT2D eigenvalue weighted by Gasteiger charge is 2.09. The Hall–Kier alpha value is -1.94. The highest BCUT2D eigenvalue weighted by molar-refractivity contribution is 6.28. The lowest BCUT2D eigenvalue weighted by Crippen LogP contribution is -2.09. The van der Waals surface area contributed by atoms with E-state index in [0.717, 1.165) is 12.8 Å². The van der Waals surface area contributed by atoms with E-state index in [1.165, 1.54) is 25.7 Å². The fraction of sp³-hybridized carbons (Fsp3) is 0.667. The quantitative estimate of drug-likeness (QED) is 0.450. The van der Waals surface area contributed by atoms with Gasteiger partial charge in [0, 0.05) is 0 Å². The summed E-state index contributed by atoms with van der Waals surface area (Å²) in [6.45, 7) is 2.51. The van der Waals surface area contributed by atoms with Gasteiger partial charge in [0.05, 0.1) is 12.7 Å². The molecule has 0 aliphatic carbocycles. The molecule has 23 heavy (non-hydrogen) atoms. The van der Waals surface area contributed by atoms with Crippen molar-refractivity contribution in [3.8, 4) is 12.1 Å². The van der Waals surface area contributed by atoms with E-state index in [1.807, 2.05) is 0 Å². The molecule has 0 fully saturated rings. The molecular weight excluding hydrogens is 320 g/mol. The number of aromatic nitrogens is 3. The summed E-state index contributed by atoms with van der Waals surface area (Å²) < 4.78 is 10.3. The van der Waals surface area contributed by atoms with E-state index in [1.54, 1.807) is 6.07 Å². The maximum absolute atomic E-state index is 11.1. The summed E-state index contributed by atoms with van der Waals surface area (Å²) >= 11 is 5.79. The smallest absolute Gasteiger partial charge is 0.321 e. The Kier molecular flexibility index (Phi) is 9.64. The number of rotatable bonds is 11. The van der Waals surface area contributed by atoms with Crippen molar-refractivity contribution in [1.82, 2.24) is 15.0 Å². The number of nitrogens with zero attached hydrogens (tertiary/aromatic N) is 4. The predicted molar refractivity (Wildman–Crippen MR) is 83.7 cm³/mol. The van der Waals surface area contributed by atoms with Crippen molar-refractivity contribution in [3.63, 3.8) is 0 Å². The third kappa shape index (κ3) is 8.94. The van der Waals surface area contributed by atoms with Crippen LogP contribution in [0.2, 0.25) is 5.28 Å². The average molecular weight is 341 g/mol. The zero-order valence-electron chi connectivity index (χ0n) is 13.3. The van der Waals surface area contributed by atoms with Crippen molar-refractivity contribution in [2.24, 2.45) is 0 Å². The number of hydrogen-bond donors (Lipinski definition) is 0. The normalized spacial score (nSPS) is 10.1. The highest BCUT2D eigenvalue weighted by atomic mass is 35.5. The molecule has 0 aromatic carbocycles. The minimum absolute atomic E-state index is 0.0238. The first-order chi connectivity index (χ1) is 11.2. The van der Waals surface area contributed by atoms with Crippen LogP contribution in [0.1, 0.15) is 57.7 Å². The number of esters is 1. The Morgan fingerprint density at radius 2 is 1.91 bits per heavy atom. The number of carbonyl (C=O) groups is 1. The molecule has 1 aromatic heterocycles. The average Bonchev–Trinajstić information content (AvgIpc) is 2.52. The summed E-state index contributed by atoms with van der Waals surface area (Å²) in [6, 6.07) is 1.82. The molecule has 0 aliphatic heterocycles. The first-order valence-corrected chi connectivity index (χ1v) is 8.09. The maximum atomic E-state index is 11.1. The summed E-state index contributed by atoms with van der Waals surface area (Å²) in [5.41, 5.74) is 0. The topological polar surface area (TPSA) is 98.0 Å². The van der Waals surface area contributed by atoms with E-state index >= 15 is 0 Å². The summed E-state index contributed by atoms with van der Waals surface area (Å²) in [6.07, 6.45) is 6.61. The second kappa shape index (κ2) is 11.6. The molecule has 1 heterocycles. The first-order valence-electron chi connectivity index (χ1n) is 7.71. The standard InChI is InChI=1S/C15H21ClN4O3/c1-2-3-4-5-6-7-10-22-15-19-12(18-14(16)20-15)11-23-13(21)8-9-17/h2-8,10-11H2,1H3. The van der Waals surface area contributed by atoms with Gasteiger partial charge in [-0.15, -0.1) is 0 Å². The summed E-state index contributed by atoms with van der Waals surface area (Å²) in [4.78, 5) is 22.9. The van der Waals surface area contributed by atoms with Crippen LogP contribution in [0.25, 0.3) is 0 Å². The second-order valence-corrected chi connectivity index (χ2v) is 5.25. The van der Waals surface area contributed by atoms with Crippen molar-refractivity contribution in [2.75, 3.05) is 6.61 Å². The lowest BCUT2D eigenvalue weighted by molar-refractivity contribution is -0.144. The SMILES string of the molecule is CCCCCCCCOc1nc(Cl)nc(COC(=O)CC#N)n1. The van der Waals surface area contributed by atoms with Gasteiger partial charge >= 0.3 is 12.0 Å². The molecule has 1 aromatic rings. The van der Waals surface area contributed by atoms with Crippen molar-refractivity contribution >= 4 is 17.6 Å². The molecule has 0 bridgehead atoms. The second-order valence-electron chi connectivity index (χ2n) is 4.92. The van der Waals surface area contributed by atoms with Crippen molar-refractivity contribution in [2.45, 2.75) is 58.5 Å². The van der Waals surface area contributed by atoms with E-state index in [0.29, 0.717) is 6.61 Å². The van der Waals surface area contributed by atoms with Gasteiger partial charge < -0.3 is 9.47 Å². The van der Waals surface area contributed by atoms with E-state index in [9.17, 15) is 4.79 Å². The lowest BCUT2D eigenvalue weighted by Gasteiger charge is -2.06. The van der Waals surface area contributed by atoms with Gasteiger partial charge in [0.15, 0.2) is 12.4 Å². The fourth-order valence-electron chi connectivity index (χ4n) is 1.81.